The third kappa shape index (κ3) is 2.41. The lowest BCUT2D eigenvalue weighted by atomic mass is 10.1. The van der Waals surface area contributed by atoms with Crippen LogP contribution in [-0.2, 0) is 0 Å². The molecule has 0 saturated carbocycles. The molecule has 1 atom stereocenters. The first-order valence-corrected chi connectivity index (χ1v) is 5.93. The van der Waals surface area contributed by atoms with E-state index in [0.29, 0.717) is 5.82 Å². The van der Waals surface area contributed by atoms with Gasteiger partial charge in [0, 0.05) is 5.56 Å². The number of furan rings is 1. The van der Waals surface area contributed by atoms with Crippen LogP contribution in [0.3, 0.4) is 0 Å². The summed E-state index contributed by atoms with van der Waals surface area (Å²) >= 11 is 5.88. The molecule has 0 aliphatic carbocycles. The zero-order chi connectivity index (χ0) is 13.3. The Hall–Kier alpha value is -1.75. The fourth-order valence-electron chi connectivity index (χ4n) is 1.85. The summed E-state index contributed by atoms with van der Waals surface area (Å²) in [7, 11) is 0. The Morgan fingerprint density at radius 3 is 2.83 bits per heavy atom. The second-order valence-corrected chi connectivity index (χ2v) is 4.51. The van der Waals surface area contributed by atoms with Crippen molar-refractivity contribution in [3.8, 4) is 0 Å². The van der Waals surface area contributed by atoms with Crippen molar-refractivity contribution >= 4 is 17.4 Å². The van der Waals surface area contributed by atoms with Crippen LogP contribution >= 0.6 is 11.6 Å². The highest BCUT2D eigenvalue weighted by Crippen LogP contribution is 2.25. The predicted molar refractivity (Wildman–Crippen MR) is 70.1 cm³/mol. The van der Waals surface area contributed by atoms with Crippen LogP contribution in [0.25, 0.3) is 0 Å². The van der Waals surface area contributed by atoms with Crippen molar-refractivity contribution in [1.82, 2.24) is 9.97 Å². The van der Waals surface area contributed by atoms with E-state index in [4.69, 9.17) is 16.0 Å². The average Bonchev–Trinajstić information content (AvgIpc) is 2.64. The number of aromatic nitrogens is 2. The van der Waals surface area contributed by atoms with Gasteiger partial charge in [-0.2, -0.15) is 0 Å². The van der Waals surface area contributed by atoms with Crippen LogP contribution in [0.15, 0.2) is 21.6 Å². The van der Waals surface area contributed by atoms with Gasteiger partial charge in [0.15, 0.2) is 5.82 Å². The van der Waals surface area contributed by atoms with E-state index in [1.165, 1.54) is 6.33 Å². The number of rotatable bonds is 3. The molecule has 0 saturated heterocycles. The topological polar surface area (TPSA) is 70.9 Å². The van der Waals surface area contributed by atoms with Gasteiger partial charge in [-0.15, -0.1) is 0 Å². The molecule has 0 amide bonds. The van der Waals surface area contributed by atoms with E-state index in [-0.39, 0.29) is 16.6 Å². The van der Waals surface area contributed by atoms with E-state index < -0.39 is 0 Å². The van der Waals surface area contributed by atoms with E-state index >= 15 is 0 Å². The zero-order valence-electron chi connectivity index (χ0n) is 10.4. The molecule has 0 bridgehead atoms. The maximum Gasteiger partial charge on any atom is 0.271 e. The Bertz CT molecular complexity index is 618. The molecule has 2 N–H and O–H groups in total. The summed E-state index contributed by atoms with van der Waals surface area (Å²) in [5, 5.41) is 3.16. The Kier molecular flexibility index (Phi) is 3.43. The predicted octanol–water partition coefficient (Wildman–Crippen LogP) is 2.81. The van der Waals surface area contributed by atoms with Crippen LogP contribution in [0.2, 0.25) is 5.02 Å². The second kappa shape index (κ2) is 4.86. The summed E-state index contributed by atoms with van der Waals surface area (Å²) in [6.45, 7) is 5.74. The third-order valence-corrected chi connectivity index (χ3v) is 3.05. The summed E-state index contributed by atoms with van der Waals surface area (Å²) in [4.78, 5) is 17.8. The molecular formula is C12H14ClN3O2. The fraction of sp³-hybridized carbons (Fsp3) is 0.333. The molecule has 0 radical (unpaired) electrons. The number of anilines is 1. The molecule has 0 aliphatic rings. The zero-order valence-corrected chi connectivity index (χ0v) is 11.1. The first-order chi connectivity index (χ1) is 8.49. The van der Waals surface area contributed by atoms with Gasteiger partial charge in [-0.25, -0.2) is 4.98 Å². The minimum Gasteiger partial charge on any atom is -0.466 e. The van der Waals surface area contributed by atoms with Crippen LogP contribution in [0.1, 0.15) is 30.0 Å². The van der Waals surface area contributed by atoms with Crippen LogP contribution in [-0.4, -0.2) is 9.97 Å². The highest BCUT2D eigenvalue weighted by molar-refractivity contribution is 6.32. The molecule has 18 heavy (non-hydrogen) atoms. The molecule has 96 valence electrons. The number of hydrogen-bond acceptors (Lipinski definition) is 4. The Balaban J connectivity index is 2.26. The van der Waals surface area contributed by atoms with Crippen molar-refractivity contribution in [3.05, 3.63) is 44.9 Å². The number of halogens is 1. The maximum absolute atomic E-state index is 11.3. The Morgan fingerprint density at radius 2 is 2.22 bits per heavy atom. The Labute approximate surface area is 109 Å². The third-order valence-electron chi connectivity index (χ3n) is 2.70. The van der Waals surface area contributed by atoms with Gasteiger partial charge in [-0.1, -0.05) is 11.6 Å². The highest BCUT2D eigenvalue weighted by Gasteiger charge is 2.15. The fourth-order valence-corrected chi connectivity index (χ4v) is 2.00. The number of aryl methyl sites for hydroxylation is 2. The van der Waals surface area contributed by atoms with Crippen molar-refractivity contribution < 1.29 is 4.42 Å². The average molecular weight is 268 g/mol. The lowest BCUT2D eigenvalue weighted by molar-refractivity contribution is 0.500. The summed E-state index contributed by atoms with van der Waals surface area (Å²) < 4.78 is 5.47. The Morgan fingerprint density at radius 1 is 1.50 bits per heavy atom. The molecule has 0 fully saturated rings. The van der Waals surface area contributed by atoms with Gasteiger partial charge in [0.2, 0.25) is 0 Å². The van der Waals surface area contributed by atoms with Crippen molar-refractivity contribution in [2.24, 2.45) is 0 Å². The number of nitrogens with zero attached hydrogens (tertiary/aromatic N) is 1. The van der Waals surface area contributed by atoms with Gasteiger partial charge in [-0.05, 0) is 26.8 Å². The maximum atomic E-state index is 11.3. The van der Waals surface area contributed by atoms with Gasteiger partial charge in [-0.3, -0.25) is 4.79 Å². The monoisotopic (exact) mass is 267 g/mol. The van der Waals surface area contributed by atoms with Crippen LogP contribution in [0.5, 0.6) is 0 Å². The van der Waals surface area contributed by atoms with Gasteiger partial charge >= 0.3 is 0 Å². The lowest BCUT2D eigenvalue weighted by Gasteiger charge is -2.14. The SMILES string of the molecule is Cc1cc(C(C)Nc2nc[nH]c(=O)c2Cl)c(C)o1. The minimum absolute atomic E-state index is 0.0470. The summed E-state index contributed by atoms with van der Waals surface area (Å²) in [5.74, 6) is 2.06. The van der Waals surface area contributed by atoms with Gasteiger partial charge in [0.1, 0.15) is 16.5 Å². The van der Waals surface area contributed by atoms with E-state index in [9.17, 15) is 4.79 Å². The summed E-state index contributed by atoms with van der Waals surface area (Å²) in [6, 6.07) is 1.91. The lowest BCUT2D eigenvalue weighted by Crippen LogP contribution is -2.14. The molecule has 2 aromatic heterocycles. The van der Waals surface area contributed by atoms with Crippen LogP contribution < -0.4 is 10.9 Å². The van der Waals surface area contributed by atoms with E-state index in [1.807, 2.05) is 26.8 Å². The van der Waals surface area contributed by atoms with Crippen molar-refractivity contribution in [3.63, 3.8) is 0 Å². The molecule has 5 nitrogen and oxygen atoms in total. The van der Waals surface area contributed by atoms with Crippen molar-refractivity contribution in [1.29, 1.82) is 0 Å². The van der Waals surface area contributed by atoms with E-state index in [0.717, 1.165) is 17.1 Å². The molecule has 1 unspecified atom stereocenters. The molecular weight excluding hydrogens is 254 g/mol. The first-order valence-electron chi connectivity index (χ1n) is 5.55. The van der Waals surface area contributed by atoms with Crippen LogP contribution in [0.4, 0.5) is 5.82 Å². The van der Waals surface area contributed by atoms with Crippen molar-refractivity contribution in [2.45, 2.75) is 26.8 Å². The number of H-pyrrole nitrogens is 1. The minimum atomic E-state index is -0.360. The molecule has 2 heterocycles. The quantitative estimate of drug-likeness (QED) is 0.897. The van der Waals surface area contributed by atoms with Gasteiger partial charge in [0.05, 0.1) is 12.4 Å². The molecule has 2 aromatic rings. The molecule has 6 heteroatoms. The smallest absolute Gasteiger partial charge is 0.271 e. The van der Waals surface area contributed by atoms with Crippen LogP contribution in [0, 0.1) is 13.8 Å². The van der Waals surface area contributed by atoms with Gasteiger partial charge < -0.3 is 14.7 Å². The number of nitrogens with one attached hydrogen (secondary N) is 2. The highest BCUT2D eigenvalue weighted by atomic mass is 35.5. The second-order valence-electron chi connectivity index (χ2n) is 4.13. The number of aromatic amines is 1. The van der Waals surface area contributed by atoms with Gasteiger partial charge in [0.25, 0.3) is 5.56 Å². The standard InChI is InChI=1S/C12H14ClN3O2/c1-6-4-9(8(3)18-6)7(2)16-11-10(13)12(17)15-5-14-11/h4-5,7H,1-3H3,(H2,14,15,16,17). The molecule has 0 spiro atoms. The largest absolute Gasteiger partial charge is 0.466 e. The summed E-state index contributed by atoms with van der Waals surface area (Å²) in [5.41, 5.74) is 0.659. The summed E-state index contributed by atoms with van der Waals surface area (Å²) in [6.07, 6.45) is 1.32. The molecule has 2 rings (SSSR count). The van der Waals surface area contributed by atoms with E-state index in [1.54, 1.807) is 0 Å². The van der Waals surface area contributed by atoms with Crippen molar-refractivity contribution in [2.75, 3.05) is 5.32 Å². The molecule has 0 aliphatic heterocycles. The normalized spacial score (nSPS) is 12.4. The molecule has 0 aromatic carbocycles. The number of hydrogen-bond donors (Lipinski definition) is 2. The first kappa shape index (κ1) is 12.7. The van der Waals surface area contributed by atoms with E-state index in [2.05, 4.69) is 15.3 Å².